The lowest BCUT2D eigenvalue weighted by atomic mass is 9.86. The fraction of sp³-hybridized carbons (Fsp3) is 0.867. The molecule has 0 radical (unpaired) electrons. The van der Waals surface area contributed by atoms with E-state index in [-0.39, 0.29) is 30.4 Å². The molecule has 1 unspecified atom stereocenters. The standard InChI is InChI=1S/C15H26N2O2/c1-10(2)8-13-15(19)17(9-14(18)16-13)12-6-4-11(3)5-7-12/h10-13H,4-9H2,1-3H3,(H,16,18). The maximum Gasteiger partial charge on any atom is 0.245 e. The fourth-order valence-corrected chi connectivity index (χ4v) is 3.23. The molecule has 19 heavy (non-hydrogen) atoms. The van der Waals surface area contributed by atoms with E-state index >= 15 is 0 Å². The molecule has 1 heterocycles. The minimum absolute atomic E-state index is 0.00359. The molecule has 0 spiro atoms. The van der Waals surface area contributed by atoms with Gasteiger partial charge in [-0.05, 0) is 43.9 Å². The SMILES string of the molecule is CC(C)CC1NC(=O)CN(C2CCC(C)CC2)C1=O. The zero-order valence-electron chi connectivity index (χ0n) is 12.3. The lowest BCUT2D eigenvalue weighted by molar-refractivity contribution is -0.147. The Morgan fingerprint density at radius 1 is 1.21 bits per heavy atom. The summed E-state index contributed by atoms with van der Waals surface area (Å²) in [6, 6.07) is -0.0231. The van der Waals surface area contributed by atoms with Gasteiger partial charge in [-0.15, -0.1) is 0 Å². The van der Waals surface area contributed by atoms with E-state index in [1.54, 1.807) is 0 Å². The summed E-state index contributed by atoms with van der Waals surface area (Å²) in [5, 5.41) is 2.85. The summed E-state index contributed by atoms with van der Waals surface area (Å²) in [6.45, 7) is 6.69. The molecule has 2 fully saturated rings. The molecular weight excluding hydrogens is 240 g/mol. The van der Waals surface area contributed by atoms with E-state index in [4.69, 9.17) is 0 Å². The van der Waals surface area contributed by atoms with E-state index in [1.807, 2.05) is 4.90 Å². The van der Waals surface area contributed by atoms with Gasteiger partial charge in [-0.2, -0.15) is 0 Å². The molecule has 1 aliphatic carbocycles. The van der Waals surface area contributed by atoms with Crippen LogP contribution in [0.15, 0.2) is 0 Å². The molecule has 2 rings (SSSR count). The predicted octanol–water partition coefficient (Wildman–Crippen LogP) is 1.94. The van der Waals surface area contributed by atoms with Gasteiger partial charge in [0.1, 0.15) is 6.04 Å². The van der Waals surface area contributed by atoms with E-state index in [0.29, 0.717) is 5.92 Å². The number of nitrogens with zero attached hydrogens (tertiary/aromatic N) is 1. The highest BCUT2D eigenvalue weighted by atomic mass is 16.2. The molecule has 1 aliphatic heterocycles. The van der Waals surface area contributed by atoms with E-state index in [9.17, 15) is 9.59 Å². The van der Waals surface area contributed by atoms with Crippen LogP contribution in [0.2, 0.25) is 0 Å². The number of carbonyl (C=O) groups excluding carboxylic acids is 2. The highest BCUT2D eigenvalue weighted by Crippen LogP contribution is 2.28. The van der Waals surface area contributed by atoms with Crippen LogP contribution in [0.5, 0.6) is 0 Å². The Morgan fingerprint density at radius 3 is 2.42 bits per heavy atom. The van der Waals surface area contributed by atoms with Crippen molar-refractivity contribution in [2.24, 2.45) is 11.8 Å². The summed E-state index contributed by atoms with van der Waals surface area (Å²) >= 11 is 0. The smallest absolute Gasteiger partial charge is 0.245 e. The van der Waals surface area contributed by atoms with Gasteiger partial charge in [-0.1, -0.05) is 20.8 Å². The quantitative estimate of drug-likeness (QED) is 0.848. The molecule has 2 amide bonds. The van der Waals surface area contributed by atoms with Crippen LogP contribution in [-0.4, -0.2) is 35.3 Å². The summed E-state index contributed by atoms with van der Waals surface area (Å²) in [5.74, 6) is 1.31. The molecule has 1 N–H and O–H groups in total. The summed E-state index contributed by atoms with van der Waals surface area (Å²) in [7, 11) is 0. The summed E-state index contributed by atoms with van der Waals surface area (Å²) < 4.78 is 0. The van der Waals surface area contributed by atoms with Crippen molar-refractivity contribution in [1.82, 2.24) is 10.2 Å². The first-order valence-corrected chi connectivity index (χ1v) is 7.57. The van der Waals surface area contributed by atoms with E-state index < -0.39 is 0 Å². The minimum Gasteiger partial charge on any atom is -0.343 e. The van der Waals surface area contributed by atoms with Crippen LogP contribution < -0.4 is 5.32 Å². The lowest BCUT2D eigenvalue weighted by Crippen LogP contribution is -2.61. The van der Waals surface area contributed by atoms with Crippen LogP contribution in [0.3, 0.4) is 0 Å². The number of nitrogens with one attached hydrogen (secondary N) is 1. The third-order valence-electron chi connectivity index (χ3n) is 4.36. The Bertz CT molecular complexity index is 346. The van der Waals surface area contributed by atoms with Gasteiger partial charge in [0.05, 0.1) is 6.54 Å². The van der Waals surface area contributed by atoms with Crippen molar-refractivity contribution in [3.63, 3.8) is 0 Å². The van der Waals surface area contributed by atoms with Crippen molar-refractivity contribution in [1.29, 1.82) is 0 Å². The minimum atomic E-state index is -0.305. The molecule has 0 aromatic rings. The molecule has 4 heteroatoms. The van der Waals surface area contributed by atoms with Crippen molar-refractivity contribution in [2.45, 2.75) is 65.0 Å². The van der Waals surface area contributed by atoms with Crippen LogP contribution in [0.1, 0.15) is 52.9 Å². The topological polar surface area (TPSA) is 49.4 Å². The Balaban J connectivity index is 2.02. The highest BCUT2D eigenvalue weighted by Gasteiger charge is 2.37. The van der Waals surface area contributed by atoms with Crippen molar-refractivity contribution >= 4 is 11.8 Å². The molecule has 1 saturated carbocycles. The molecule has 1 saturated heterocycles. The van der Waals surface area contributed by atoms with Crippen molar-refractivity contribution < 1.29 is 9.59 Å². The van der Waals surface area contributed by atoms with Gasteiger partial charge in [0.15, 0.2) is 0 Å². The Morgan fingerprint density at radius 2 is 1.84 bits per heavy atom. The van der Waals surface area contributed by atoms with Gasteiger partial charge in [0, 0.05) is 6.04 Å². The van der Waals surface area contributed by atoms with Gasteiger partial charge in [0.2, 0.25) is 11.8 Å². The molecule has 0 aromatic carbocycles. The van der Waals surface area contributed by atoms with Crippen LogP contribution >= 0.6 is 0 Å². The average Bonchev–Trinajstić information content (AvgIpc) is 2.34. The molecule has 0 aromatic heterocycles. The highest BCUT2D eigenvalue weighted by molar-refractivity contribution is 5.95. The van der Waals surface area contributed by atoms with Crippen LogP contribution in [0.25, 0.3) is 0 Å². The van der Waals surface area contributed by atoms with Crippen molar-refractivity contribution in [3.8, 4) is 0 Å². The van der Waals surface area contributed by atoms with Gasteiger partial charge < -0.3 is 10.2 Å². The average molecular weight is 266 g/mol. The van der Waals surface area contributed by atoms with E-state index in [2.05, 4.69) is 26.1 Å². The monoisotopic (exact) mass is 266 g/mol. The normalized spacial score (nSPS) is 32.6. The third-order valence-corrected chi connectivity index (χ3v) is 4.36. The molecule has 0 bridgehead atoms. The van der Waals surface area contributed by atoms with Gasteiger partial charge >= 0.3 is 0 Å². The molecule has 4 nitrogen and oxygen atoms in total. The zero-order chi connectivity index (χ0) is 14.0. The maximum atomic E-state index is 12.5. The van der Waals surface area contributed by atoms with Crippen LogP contribution in [0, 0.1) is 11.8 Å². The van der Waals surface area contributed by atoms with Crippen molar-refractivity contribution in [2.75, 3.05) is 6.54 Å². The number of hydrogen-bond acceptors (Lipinski definition) is 2. The van der Waals surface area contributed by atoms with Crippen molar-refractivity contribution in [3.05, 3.63) is 0 Å². The first-order chi connectivity index (χ1) is 8.97. The predicted molar refractivity (Wildman–Crippen MR) is 74.5 cm³/mol. The number of amides is 2. The summed E-state index contributed by atoms with van der Waals surface area (Å²) in [5.41, 5.74) is 0. The van der Waals surface area contributed by atoms with Crippen LogP contribution in [-0.2, 0) is 9.59 Å². The Hall–Kier alpha value is -1.06. The first-order valence-electron chi connectivity index (χ1n) is 7.57. The fourth-order valence-electron chi connectivity index (χ4n) is 3.23. The second-order valence-corrected chi connectivity index (χ2v) is 6.63. The summed E-state index contributed by atoms with van der Waals surface area (Å²) in [6.07, 6.45) is 5.18. The number of piperazine rings is 1. The summed E-state index contributed by atoms with van der Waals surface area (Å²) in [4.78, 5) is 26.2. The second kappa shape index (κ2) is 5.93. The van der Waals surface area contributed by atoms with Gasteiger partial charge in [-0.25, -0.2) is 0 Å². The Labute approximate surface area is 115 Å². The third kappa shape index (κ3) is 3.48. The number of carbonyl (C=O) groups is 2. The van der Waals surface area contributed by atoms with E-state index in [0.717, 1.165) is 25.2 Å². The second-order valence-electron chi connectivity index (χ2n) is 6.63. The van der Waals surface area contributed by atoms with Crippen LogP contribution in [0.4, 0.5) is 0 Å². The number of rotatable bonds is 3. The molecule has 1 atom stereocenters. The largest absolute Gasteiger partial charge is 0.343 e. The molecular formula is C15H26N2O2. The maximum absolute atomic E-state index is 12.5. The first kappa shape index (κ1) is 14.4. The molecule has 108 valence electrons. The Kier molecular flexibility index (Phi) is 4.48. The van der Waals surface area contributed by atoms with Gasteiger partial charge in [0.25, 0.3) is 0 Å². The van der Waals surface area contributed by atoms with Gasteiger partial charge in [-0.3, -0.25) is 9.59 Å². The lowest BCUT2D eigenvalue weighted by Gasteiger charge is -2.41. The molecule has 2 aliphatic rings. The zero-order valence-corrected chi connectivity index (χ0v) is 12.3. The van der Waals surface area contributed by atoms with E-state index in [1.165, 1.54) is 12.8 Å². The number of hydrogen-bond donors (Lipinski definition) is 1.